The molecule has 1 saturated heterocycles. The summed E-state index contributed by atoms with van der Waals surface area (Å²) in [5.41, 5.74) is 0.294. The highest BCUT2D eigenvalue weighted by atomic mass is 32.1. The maximum atomic E-state index is 12.1. The number of hydrogen-bond acceptors (Lipinski definition) is 2. The van der Waals surface area contributed by atoms with Gasteiger partial charge in [-0.2, -0.15) is 12.6 Å². The van der Waals surface area contributed by atoms with Crippen molar-refractivity contribution in [3.8, 4) is 0 Å². The van der Waals surface area contributed by atoms with Gasteiger partial charge in [-0.25, -0.2) is 0 Å². The maximum absolute atomic E-state index is 12.1. The second kappa shape index (κ2) is 3.41. The molecule has 0 spiro atoms. The zero-order valence-electron chi connectivity index (χ0n) is 9.11. The lowest BCUT2D eigenvalue weighted by Gasteiger charge is -2.28. The quantitative estimate of drug-likeness (QED) is 0.729. The van der Waals surface area contributed by atoms with E-state index in [-0.39, 0.29) is 0 Å². The van der Waals surface area contributed by atoms with Gasteiger partial charge in [0.05, 0.1) is 0 Å². The molecular weight excluding hydrogens is 206 g/mol. The molecule has 0 N–H and O–H groups in total. The van der Waals surface area contributed by atoms with Crippen molar-refractivity contribution in [2.24, 2.45) is 11.3 Å². The number of thiol groups is 1. The van der Waals surface area contributed by atoms with Crippen LogP contribution in [0.1, 0.15) is 38.5 Å². The summed E-state index contributed by atoms with van der Waals surface area (Å²) in [6.45, 7) is 1.05. The first-order valence-electron chi connectivity index (χ1n) is 6.13. The summed E-state index contributed by atoms with van der Waals surface area (Å²) in [7, 11) is 0. The SMILES string of the molecule is O=C(CC1(CS)CC1)N1CC2CCC1C2. The molecule has 2 unspecified atom stereocenters. The van der Waals surface area contributed by atoms with Gasteiger partial charge in [-0.1, -0.05) is 0 Å². The largest absolute Gasteiger partial charge is 0.339 e. The van der Waals surface area contributed by atoms with E-state index in [0.717, 1.165) is 24.6 Å². The normalized spacial score (nSPS) is 35.9. The third-order valence-corrected chi connectivity index (χ3v) is 5.22. The molecule has 0 aromatic heterocycles. The number of nitrogens with zero attached hydrogens (tertiary/aromatic N) is 1. The Morgan fingerprint density at radius 3 is 2.67 bits per heavy atom. The van der Waals surface area contributed by atoms with Crippen LogP contribution in [0.2, 0.25) is 0 Å². The van der Waals surface area contributed by atoms with Crippen molar-refractivity contribution in [2.75, 3.05) is 12.3 Å². The lowest BCUT2D eigenvalue weighted by Crippen LogP contribution is -2.38. The number of amides is 1. The molecule has 2 bridgehead atoms. The van der Waals surface area contributed by atoms with Gasteiger partial charge in [0.2, 0.25) is 5.91 Å². The van der Waals surface area contributed by atoms with Crippen molar-refractivity contribution >= 4 is 18.5 Å². The number of piperidine rings is 1. The molecule has 3 heteroatoms. The van der Waals surface area contributed by atoms with Crippen LogP contribution < -0.4 is 0 Å². The molecule has 3 rings (SSSR count). The third-order valence-electron chi connectivity index (χ3n) is 4.55. The predicted molar refractivity (Wildman–Crippen MR) is 63.0 cm³/mol. The highest BCUT2D eigenvalue weighted by Gasteiger charge is 2.46. The molecular formula is C12H19NOS. The number of likely N-dealkylation sites (tertiary alicyclic amines) is 1. The Balaban J connectivity index is 1.61. The number of carbonyl (C=O) groups is 1. The van der Waals surface area contributed by atoms with E-state index in [1.54, 1.807) is 0 Å². The minimum atomic E-state index is 0.294. The molecule has 2 saturated carbocycles. The van der Waals surface area contributed by atoms with Crippen molar-refractivity contribution in [1.82, 2.24) is 4.90 Å². The minimum absolute atomic E-state index is 0.294. The molecule has 1 aliphatic heterocycles. The first kappa shape index (κ1) is 10.0. The van der Waals surface area contributed by atoms with Gasteiger partial charge in [0.1, 0.15) is 0 Å². The average Bonchev–Trinajstić information content (AvgIpc) is 2.73. The molecule has 3 aliphatic rings. The van der Waals surface area contributed by atoms with Gasteiger partial charge in [-0.05, 0) is 49.2 Å². The monoisotopic (exact) mass is 225 g/mol. The highest BCUT2D eigenvalue weighted by molar-refractivity contribution is 7.80. The van der Waals surface area contributed by atoms with Crippen LogP contribution in [0.25, 0.3) is 0 Å². The van der Waals surface area contributed by atoms with Crippen LogP contribution in [-0.2, 0) is 4.79 Å². The van der Waals surface area contributed by atoms with Gasteiger partial charge < -0.3 is 4.90 Å². The Morgan fingerprint density at radius 1 is 1.40 bits per heavy atom. The fraction of sp³-hybridized carbons (Fsp3) is 0.917. The Labute approximate surface area is 96.8 Å². The van der Waals surface area contributed by atoms with E-state index in [4.69, 9.17) is 0 Å². The maximum Gasteiger partial charge on any atom is 0.223 e. The Bertz CT molecular complexity index is 287. The van der Waals surface area contributed by atoms with Crippen molar-refractivity contribution in [1.29, 1.82) is 0 Å². The first-order valence-corrected chi connectivity index (χ1v) is 6.76. The van der Waals surface area contributed by atoms with Crippen LogP contribution >= 0.6 is 12.6 Å². The van der Waals surface area contributed by atoms with E-state index < -0.39 is 0 Å². The van der Waals surface area contributed by atoms with Crippen LogP contribution in [0.3, 0.4) is 0 Å². The summed E-state index contributed by atoms with van der Waals surface area (Å²) in [5, 5.41) is 0. The Morgan fingerprint density at radius 2 is 2.20 bits per heavy atom. The van der Waals surface area contributed by atoms with Gasteiger partial charge in [-0.3, -0.25) is 4.79 Å². The topological polar surface area (TPSA) is 20.3 Å². The van der Waals surface area contributed by atoms with Gasteiger partial charge in [0.25, 0.3) is 0 Å². The Hall–Kier alpha value is -0.180. The fourth-order valence-corrected chi connectivity index (χ4v) is 3.65. The minimum Gasteiger partial charge on any atom is -0.339 e. The molecule has 15 heavy (non-hydrogen) atoms. The van der Waals surface area contributed by atoms with Crippen molar-refractivity contribution < 1.29 is 4.79 Å². The molecule has 2 atom stereocenters. The molecule has 2 nitrogen and oxygen atoms in total. The van der Waals surface area contributed by atoms with Crippen molar-refractivity contribution in [3.63, 3.8) is 0 Å². The summed E-state index contributed by atoms with van der Waals surface area (Å²) in [5.74, 6) is 2.12. The van der Waals surface area contributed by atoms with Crippen LogP contribution in [0.5, 0.6) is 0 Å². The molecule has 0 aromatic carbocycles. The average molecular weight is 225 g/mol. The number of fused-ring (bicyclic) bond motifs is 2. The van der Waals surface area contributed by atoms with Crippen molar-refractivity contribution in [3.05, 3.63) is 0 Å². The number of rotatable bonds is 3. The summed E-state index contributed by atoms with van der Waals surface area (Å²) >= 11 is 4.36. The molecule has 84 valence electrons. The van der Waals surface area contributed by atoms with Crippen LogP contribution in [0, 0.1) is 11.3 Å². The molecule has 1 heterocycles. The highest BCUT2D eigenvalue weighted by Crippen LogP contribution is 2.50. The van der Waals surface area contributed by atoms with E-state index in [0.29, 0.717) is 17.4 Å². The molecule has 3 fully saturated rings. The van der Waals surface area contributed by atoms with E-state index >= 15 is 0 Å². The smallest absolute Gasteiger partial charge is 0.223 e. The number of carbonyl (C=O) groups excluding carboxylic acids is 1. The lowest BCUT2D eigenvalue weighted by atomic mass is 10.0. The van der Waals surface area contributed by atoms with Crippen LogP contribution in [0.4, 0.5) is 0 Å². The van der Waals surface area contributed by atoms with E-state index in [9.17, 15) is 4.79 Å². The summed E-state index contributed by atoms with van der Waals surface area (Å²) in [6.07, 6.45) is 7.07. The third kappa shape index (κ3) is 1.69. The zero-order valence-corrected chi connectivity index (χ0v) is 10.0. The van der Waals surface area contributed by atoms with Gasteiger partial charge in [0, 0.05) is 19.0 Å². The van der Waals surface area contributed by atoms with E-state index in [1.807, 2.05) is 0 Å². The van der Waals surface area contributed by atoms with Gasteiger partial charge in [0.15, 0.2) is 0 Å². The fourth-order valence-electron chi connectivity index (χ4n) is 3.22. The molecule has 0 aromatic rings. The summed E-state index contributed by atoms with van der Waals surface area (Å²) < 4.78 is 0. The second-order valence-electron chi connectivity index (χ2n) is 5.71. The van der Waals surface area contributed by atoms with Gasteiger partial charge in [-0.15, -0.1) is 0 Å². The van der Waals surface area contributed by atoms with Crippen LogP contribution in [0.15, 0.2) is 0 Å². The molecule has 1 amide bonds. The van der Waals surface area contributed by atoms with Crippen molar-refractivity contribution in [2.45, 2.75) is 44.6 Å². The summed E-state index contributed by atoms with van der Waals surface area (Å²) in [4.78, 5) is 14.3. The lowest BCUT2D eigenvalue weighted by molar-refractivity contribution is -0.133. The summed E-state index contributed by atoms with van der Waals surface area (Å²) in [6, 6.07) is 0.596. The van der Waals surface area contributed by atoms with Gasteiger partial charge >= 0.3 is 0 Å². The molecule has 0 radical (unpaired) electrons. The second-order valence-corrected chi connectivity index (χ2v) is 6.03. The van der Waals surface area contributed by atoms with E-state index in [1.165, 1.54) is 32.1 Å². The predicted octanol–water partition coefficient (Wildman–Crippen LogP) is 2.10. The Kier molecular flexibility index (Phi) is 2.27. The zero-order chi connectivity index (χ0) is 10.5. The molecule has 2 aliphatic carbocycles. The number of hydrogen-bond donors (Lipinski definition) is 1. The first-order chi connectivity index (χ1) is 7.22. The standard InChI is InChI=1S/C12H19NOS/c14-11(6-12(8-15)3-4-12)13-7-9-1-2-10(13)5-9/h9-10,15H,1-8H2. The van der Waals surface area contributed by atoms with Crippen LogP contribution in [-0.4, -0.2) is 29.1 Å². The van der Waals surface area contributed by atoms with E-state index in [2.05, 4.69) is 17.5 Å².